The van der Waals surface area contributed by atoms with Crippen LogP contribution in [0, 0.1) is 0 Å². The summed E-state index contributed by atoms with van der Waals surface area (Å²) < 4.78 is 11.9. The van der Waals surface area contributed by atoms with Crippen LogP contribution in [-0.4, -0.2) is 24.7 Å². The molecule has 0 spiro atoms. The number of carbonyl (C=O) groups is 2. The van der Waals surface area contributed by atoms with E-state index in [4.69, 9.17) is 21.1 Å². The van der Waals surface area contributed by atoms with E-state index >= 15 is 0 Å². The highest BCUT2D eigenvalue weighted by atomic mass is 79.9. The lowest BCUT2D eigenvalue weighted by Crippen LogP contribution is -2.17. The van der Waals surface area contributed by atoms with Gasteiger partial charge in [0.1, 0.15) is 11.5 Å². The van der Waals surface area contributed by atoms with Crippen LogP contribution in [0.5, 0.6) is 11.5 Å². The molecule has 0 aliphatic carbocycles. The van der Waals surface area contributed by atoms with Gasteiger partial charge >= 0.3 is 5.97 Å². The molecule has 0 unspecified atom stereocenters. The largest absolute Gasteiger partial charge is 0.494 e. The van der Waals surface area contributed by atoms with E-state index in [2.05, 4.69) is 33.4 Å². The monoisotopic (exact) mass is 528 g/mol. The first kappa shape index (κ1) is 24.5. The second-order valence-corrected chi connectivity index (χ2v) is 8.36. The zero-order chi connectivity index (χ0) is 23.6. The Balaban J connectivity index is 1.64. The molecule has 0 aliphatic heterocycles. The maximum Gasteiger partial charge on any atom is 0.343 e. The zero-order valence-corrected chi connectivity index (χ0v) is 20.2. The highest BCUT2D eigenvalue weighted by Crippen LogP contribution is 2.23. The number of amides is 1. The van der Waals surface area contributed by atoms with Crippen molar-refractivity contribution < 1.29 is 19.1 Å². The minimum atomic E-state index is -0.533. The fraction of sp³-hybridized carbons (Fsp3) is 0.160. The third-order valence-corrected chi connectivity index (χ3v) is 5.25. The Morgan fingerprint density at radius 1 is 1.03 bits per heavy atom. The number of carbonyl (C=O) groups excluding carboxylic acids is 2. The van der Waals surface area contributed by atoms with Crippen LogP contribution in [0.15, 0.2) is 76.3 Å². The Labute approximate surface area is 205 Å². The van der Waals surface area contributed by atoms with E-state index in [1.807, 2.05) is 0 Å². The molecule has 6 nitrogen and oxygen atoms in total. The lowest BCUT2D eigenvalue weighted by Gasteiger charge is -2.08. The number of rotatable bonds is 9. The lowest BCUT2D eigenvalue weighted by molar-refractivity contribution is 0.0734. The average molecular weight is 530 g/mol. The van der Waals surface area contributed by atoms with Crippen LogP contribution >= 0.6 is 27.5 Å². The SMILES string of the molecule is CCCCOc1ccc(C(=O)N/N=C\c2cc(Br)ccc2OC(=O)c2ccc(Cl)cc2)cc1. The van der Waals surface area contributed by atoms with Gasteiger partial charge in [0.25, 0.3) is 5.91 Å². The summed E-state index contributed by atoms with van der Waals surface area (Å²) in [5.74, 6) is 0.101. The van der Waals surface area contributed by atoms with Gasteiger partial charge in [-0.1, -0.05) is 40.9 Å². The van der Waals surface area contributed by atoms with E-state index in [1.54, 1.807) is 66.7 Å². The summed E-state index contributed by atoms with van der Waals surface area (Å²) in [4.78, 5) is 24.8. The third-order valence-electron chi connectivity index (χ3n) is 4.51. The van der Waals surface area contributed by atoms with E-state index < -0.39 is 5.97 Å². The van der Waals surface area contributed by atoms with Gasteiger partial charge in [-0.15, -0.1) is 0 Å². The second-order valence-electron chi connectivity index (χ2n) is 7.00. The quantitative estimate of drug-likeness (QED) is 0.117. The Kier molecular flexibility index (Phi) is 9.04. The summed E-state index contributed by atoms with van der Waals surface area (Å²) in [5.41, 5.74) is 3.79. The molecule has 8 heteroatoms. The van der Waals surface area contributed by atoms with Crippen molar-refractivity contribution in [1.29, 1.82) is 0 Å². The topological polar surface area (TPSA) is 77.0 Å². The molecule has 170 valence electrons. The molecule has 0 bridgehead atoms. The van der Waals surface area contributed by atoms with Gasteiger partial charge in [0.05, 0.1) is 18.4 Å². The molecule has 0 saturated heterocycles. The Bertz CT molecular complexity index is 1130. The molecule has 3 rings (SSSR count). The summed E-state index contributed by atoms with van der Waals surface area (Å²) in [7, 11) is 0. The Morgan fingerprint density at radius 2 is 1.73 bits per heavy atom. The van der Waals surface area contributed by atoms with Gasteiger partial charge in [0, 0.05) is 20.6 Å². The molecule has 0 radical (unpaired) electrons. The number of unbranched alkanes of at least 4 members (excludes halogenated alkanes) is 1. The van der Waals surface area contributed by atoms with Crippen LogP contribution in [0.4, 0.5) is 0 Å². The summed E-state index contributed by atoms with van der Waals surface area (Å²) in [6.07, 6.45) is 3.44. The first-order valence-corrected chi connectivity index (χ1v) is 11.5. The van der Waals surface area contributed by atoms with Crippen LogP contribution < -0.4 is 14.9 Å². The predicted octanol–water partition coefficient (Wildman–Crippen LogP) is 6.26. The summed E-state index contributed by atoms with van der Waals surface area (Å²) in [6, 6.07) is 18.3. The number of nitrogens with zero attached hydrogens (tertiary/aromatic N) is 1. The number of halogens is 2. The average Bonchev–Trinajstić information content (AvgIpc) is 2.81. The molecular weight excluding hydrogens is 508 g/mol. The molecule has 0 saturated carbocycles. The Morgan fingerprint density at radius 3 is 2.42 bits per heavy atom. The molecule has 0 heterocycles. The highest BCUT2D eigenvalue weighted by Gasteiger charge is 2.12. The number of esters is 1. The summed E-state index contributed by atoms with van der Waals surface area (Å²) in [6.45, 7) is 2.74. The molecule has 33 heavy (non-hydrogen) atoms. The standard InChI is InChI=1S/C25H22BrClN2O4/c1-2-3-14-32-22-11-6-17(7-12-22)24(30)29-28-16-19-15-20(26)8-13-23(19)33-25(31)18-4-9-21(27)10-5-18/h4-13,15-16H,2-3,14H2,1H3,(H,29,30)/b28-16-. The first-order valence-electron chi connectivity index (χ1n) is 10.3. The molecule has 0 aliphatic rings. The van der Waals surface area contributed by atoms with Gasteiger partial charge in [-0.3, -0.25) is 4.79 Å². The van der Waals surface area contributed by atoms with Crippen molar-refractivity contribution in [2.24, 2.45) is 5.10 Å². The molecule has 0 aromatic heterocycles. The molecule has 3 aromatic rings. The third kappa shape index (κ3) is 7.44. The molecule has 0 fully saturated rings. The van der Waals surface area contributed by atoms with Crippen molar-refractivity contribution in [2.45, 2.75) is 19.8 Å². The Hall–Kier alpha value is -3.16. The lowest BCUT2D eigenvalue weighted by atomic mass is 10.2. The van der Waals surface area contributed by atoms with E-state index in [0.717, 1.165) is 17.3 Å². The second kappa shape index (κ2) is 12.2. The van der Waals surface area contributed by atoms with Crippen LogP contribution in [0.3, 0.4) is 0 Å². The van der Waals surface area contributed by atoms with Crippen molar-refractivity contribution >= 4 is 45.6 Å². The van der Waals surface area contributed by atoms with Gasteiger partial charge in [-0.2, -0.15) is 5.10 Å². The fourth-order valence-electron chi connectivity index (χ4n) is 2.72. The molecular formula is C25H22BrClN2O4. The van der Waals surface area contributed by atoms with Gasteiger partial charge in [-0.25, -0.2) is 10.2 Å². The van der Waals surface area contributed by atoms with E-state index in [1.165, 1.54) is 6.21 Å². The van der Waals surface area contributed by atoms with E-state index in [-0.39, 0.29) is 5.91 Å². The number of hydrogen-bond acceptors (Lipinski definition) is 5. The van der Waals surface area contributed by atoms with Crippen molar-refractivity contribution in [2.75, 3.05) is 6.61 Å². The minimum Gasteiger partial charge on any atom is -0.494 e. The number of nitrogens with one attached hydrogen (secondary N) is 1. The van der Waals surface area contributed by atoms with Crippen molar-refractivity contribution in [3.05, 3.63) is 92.9 Å². The number of hydrazone groups is 1. The normalized spacial score (nSPS) is 10.8. The molecule has 1 amide bonds. The zero-order valence-electron chi connectivity index (χ0n) is 17.9. The van der Waals surface area contributed by atoms with Crippen LogP contribution in [-0.2, 0) is 0 Å². The highest BCUT2D eigenvalue weighted by molar-refractivity contribution is 9.10. The van der Waals surface area contributed by atoms with Crippen molar-refractivity contribution in [3.63, 3.8) is 0 Å². The predicted molar refractivity (Wildman–Crippen MR) is 132 cm³/mol. The molecule has 3 aromatic carbocycles. The maximum atomic E-state index is 12.4. The van der Waals surface area contributed by atoms with Crippen molar-refractivity contribution in [3.8, 4) is 11.5 Å². The van der Waals surface area contributed by atoms with Gasteiger partial charge < -0.3 is 9.47 Å². The molecule has 1 N–H and O–H groups in total. The van der Waals surface area contributed by atoms with E-state index in [0.29, 0.717) is 39.8 Å². The van der Waals surface area contributed by atoms with Gasteiger partial charge in [0.15, 0.2) is 0 Å². The maximum absolute atomic E-state index is 12.4. The van der Waals surface area contributed by atoms with Crippen LogP contribution in [0.25, 0.3) is 0 Å². The van der Waals surface area contributed by atoms with Gasteiger partial charge in [-0.05, 0) is 73.2 Å². The summed E-state index contributed by atoms with van der Waals surface area (Å²) >= 11 is 9.25. The van der Waals surface area contributed by atoms with E-state index in [9.17, 15) is 9.59 Å². The summed E-state index contributed by atoms with van der Waals surface area (Å²) in [5, 5.41) is 4.53. The first-order chi connectivity index (χ1) is 16.0. The van der Waals surface area contributed by atoms with Gasteiger partial charge in [0.2, 0.25) is 0 Å². The van der Waals surface area contributed by atoms with Crippen molar-refractivity contribution in [1.82, 2.24) is 5.43 Å². The fourth-order valence-corrected chi connectivity index (χ4v) is 3.22. The molecule has 0 atom stereocenters. The van der Waals surface area contributed by atoms with Crippen LogP contribution in [0.2, 0.25) is 5.02 Å². The smallest absolute Gasteiger partial charge is 0.343 e. The number of ether oxygens (including phenoxy) is 2. The number of benzene rings is 3. The number of hydrogen-bond donors (Lipinski definition) is 1. The van der Waals surface area contributed by atoms with Crippen LogP contribution in [0.1, 0.15) is 46.0 Å². The minimum absolute atomic E-state index is 0.296.